The van der Waals surface area contributed by atoms with Crippen LogP contribution in [0, 0.1) is 0 Å². The van der Waals surface area contributed by atoms with E-state index in [0.29, 0.717) is 45.9 Å². The molecule has 7 heteroatoms. The van der Waals surface area contributed by atoms with Crippen LogP contribution in [0.1, 0.15) is 21.5 Å². The lowest BCUT2D eigenvalue weighted by atomic mass is 9.98. The van der Waals surface area contributed by atoms with Crippen LogP contribution in [0.25, 0.3) is 0 Å². The Balaban J connectivity index is 1.53. The number of amides is 1. The number of rotatable bonds is 5. The molecule has 1 amide bonds. The quantitative estimate of drug-likeness (QED) is 0.524. The largest absolute Gasteiger partial charge is 0.497 e. The van der Waals surface area contributed by atoms with E-state index < -0.39 is 0 Å². The van der Waals surface area contributed by atoms with Crippen LogP contribution in [0.15, 0.2) is 54.6 Å². The topological polar surface area (TPSA) is 64.8 Å². The standard InChI is InChI=1S/C23H20Cl2N2O3/c1-29-17-4-2-3-14(9-17)13-27-8-7-15-10-18(5-6-19(15)23(27)28)30-22-20(24)11-16(26)12-21(22)25/h2-6,9-12H,7-8,13,26H2,1H3. The Morgan fingerprint density at radius 2 is 1.80 bits per heavy atom. The number of fused-ring (bicyclic) bond motifs is 1. The molecule has 0 saturated heterocycles. The van der Waals surface area contributed by atoms with Crippen molar-refractivity contribution in [3.05, 3.63) is 81.3 Å². The molecule has 0 radical (unpaired) electrons. The SMILES string of the molecule is COc1cccc(CN2CCc3cc(Oc4c(Cl)cc(N)cc4Cl)ccc3C2=O)c1. The van der Waals surface area contributed by atoms with Crippen LogP contribution in [0.2, 0.25) is 10.0 Å². The number of nitrogens with zero attached hydrogens (tertiary/aromatic N) is 1. The van der Waals surface area contributed by atoms with Crippen LogP contribution in [-0.4, -0.2) is 24.5 Å². The molecule has 3 aromatic carbocycles. The van der Waals surface area contributed by atoms with Gasteiger partial charge in [0, 0.05) is 24.3 Å². The van der Waals surface area contributed by atoms with Gasteiger partial charge in [0.05, 0.1) is 17.2 Å². The van der Waals surface area contributed by atoms with E-state index >= 15 is 0 Å². The summed E-state index contributed by atoms with van der Waals surface area (Å²) in [6, 6.07) is 16.3. The molecule has 0 spiro atoms. The summed E-state index contributed by atoms with van der Waals surface area (Å²) in [7, 11) is 1.63. The Labute approximate surface area is 184 Å². The minimum absolute atomic E-state index is 0.00540. The van der Waals surface area contributed by atoms with Crippen molar-refractivity contribution in [2.75, 3.05) is 19.4 Å². The van der Waals surface area contributed by atoms with Gasteiger partial charge in [0.2, 0.25) is 0 Å². The van der Waals surface area contributed by atoms with Crippen molar-refractivity contribution in [2.24, 2.45) is 0 Å². The molecular formula is C23H20Cl2N2O3. The molecule has 1 aliphatic rings. The highest BCUT2D eigenvalue weighted by atomic mass is 35.5. The number of ether oxygens (including phenoxy) is 2. The number of carbonyl (C=O) groups excluding carboxylic acids is 1. The first-order valence-electron chi connectivity index (χ1n) is 9.42. The monoisotopic (exact) mass is 442 g/mol. The predicted octanol–water partition coefficient (Wildman–Crippen LogP) is 5.58. The molecule has 5 nitrogen and oxygen atoms in total. The molecule has 1 heterocycles. The minimum Gasteiger partial charge on any atom is -0.497 e. The van der Waals surface area contributed by atoms with Gasteiger partial charge in [-0.2, -0.15) is 0 Å². The lowest BCUT2D eigenvalue weighted by Gasteiger charge is -2.29. The van der Waals surface area contributed by atoms with Crippen LogP contribution in [-0.2, 0) is 13.0 Å². The van der Waals surface area contributed by atoms with E-state index in [1.54, 1.807) is 31.4 Å². The fourth-order valence-corrected chi connectivity index (χ4v) is 4.09. The highest BCUT2D eigenvalue weighted by Gasteiger charge is 2.25. The van der Waals surface area contributed by atoms with E-state index in [-0.39, 0.29) is 5.91 Å². The number of halogens is 2. The molecule has 0 fully saturated rings. The summed E-state index contributed by atoms with van der Waals surface area (Å²) < 4.78 is 11.2. The van der Waals surface area contributed by atoms with E-state index in [2.05, 4.69) is 0 Å². The summed E-state index contributed by atoms with van der Waals surface area (Å²) in [5.41, 5.74) is 8.83. The Kier molecular flexibility index (Phi) is 5.75. The van der Waals surface area contributed by atoms with E-state index in [1.165, 1.54) is 0 Å². The Hall–Kier alpha value is -2.89. The normalized spacial score (nSPS) is 13.2. The van der Waals surface area contributed by atoms with Gasteiger partial charge in [0.1, 0.15) is 11.5 Å². The molecule has 4 rings (SSSR count). The third-order valence-electron chi connectivity index (χ3n) is 4.99. The second-order valence-corrected chi connectivity index (χ2v) is 7.88. The van der Waals surface area contributed by atoms with Crippen molar-refractivity contribution in [2.45, 2.75) is 13.0 Å². The van der Waals surface area contributed by atoms with Gasteiger partial charge in [-0.05, 0) is 60.0 Å². The van der Waals surface area contributed by atoms with E-state index in [4.69, 9.17) is 38.4 Å². The lowest BCUT2D eigenvalue weighted by Crippen LogP contribution is -2.37. The number of nitrogen functional groups attached to an aromatic ring is 1. The highest BCUT2D eigenvalue weighted by Crippen LogP contribution is 2.39. The van der Waals surface area contributed by atoms with Gasteiger partial charge in [0.15, 0.2) is 5.75 Å². The first kappa shape index (κ1) is 20.4. The van der Waals surface area contributed by atoms with Crippen LogP contribution < -0.4 is 15.2 Å². The van der Waals surface area contributed by atoms with Crippen molar-refractivity contribution >= 4 is 34.8 Å². The minimum atomic E-state index is -0.00540. The van der Waals surface area contributed by atoms with Crippen LogP contribution >= 0.6 is 23.2 Å². The van der Waals surface area contributed by atoms with Gasteiger partial charge in [-0.25, -0.2) is 0 Å². The smallest absolute Gasteiger partial charge is 0.254 e. The Morgan fingerprint density at radius 3 is 2.53 bits per heavy atom. The fraction of sp³-hybridized carbons (Fsp3) is 0.174. The van der Waals surface area contributed by atoms with E-state index in [0.717, 1.165) is 23.3 Å². The first-order chi connectivity index (χ1) is 14.4. The summed E-state index contributed by atoms with van der Waals surface area (Å²) in [5, 5.41) is 0.663. The third-order valence-corrected chi connectivity index (χ3v) is 5.56. The molecule has 3 aromatic rings. The molecule has 0 atom stereocenters. The average molecular weight is 443 g/mol. The van der Waals surface area contributed by atoms with Gasteiger partial charge in [-0.1, -0.05) is 35.3 Å². The van der Waals surface area contributed by atoms with Gasteiger partial charge in [-0.3, -0.25) is 4.79 Å². The van der Waals surface area contributed by atoms with Crippen molar-refractivity contribution in [3.8, 4) is 17.2 Å². The maximum atomic E-state index is 13.0. The summed E-state index contributed by atoms with van der Waals surface area (Å²) in [4.78, 5) is 14.8. The molecule has 0 saturated carbocycles. The van der Waals surface area contributed by atoms with Crippen molar-refractivity contribution in [3.63, 3.8) is 0 Å². The van der Waals surface area contributed by atoms with E-state index in [1.807, 2.05) is 35.2 Å². The summed E-state index contributed by atoms with van der Waals surface area (Å²) in [6.45, 7) is 1.15. The zero-order valence-corrected chi connectivity index (χ0v) is 17.8. The maximum Gasteiger partial charge on any atom is 0.254 e. The Morgan fingerprint density at radius 1 is 1.03 bits per heavy atom. The van der Waals surface area contributed by atoms with Gasteiger partial charge >= 0.3 is 0 Å². The molecule has 0 aromatic heterocycles. The van der Waals surface area contributed by atoms with Gasteiger partial charge < -0.3 is 20.1 Å². The molecular weight excluding hydrogens is 423 g/mol. The highest BCUT2D eigenvalue weighted by molar-refractivity contribution is 6.37. The summed E-state index contributed by atoms with van der Waals surface area (Å²) >= 11 is 12.4. The number of benzene rings is 3. The van der Waals surface area contributed by atoms with Crippen LogP contribution in [0.5, 0.6) is 17.2 Å². The maximum absolute atomic E-state index is 13.0. The van der Waals surface area contributed by atoms with Gasteiger partial charge in [-0.15, -0.1) is 0 Å². The van der Waals surface area contributed by atoms with Crippen molar-refractivity contribution < 1.29 is 14.3 Å². The van der Waals surface area contributed by atoms with E-state index in [9.17, 15) is 4.79 Å². The number of carbonyl (C=O) groups is 1. The molecule has 2 N–H and O–H groups in total. The average Bonchev–Trinajstić information content (AvgIpc) is 2.73. The van der Waals surface area contributed by atoms with Crippen molar-refractivity contribution in [1.82, 2.24) is 4.90 Å². The first-order valence-corrected chi connectivity index (χ1v) is 10.2. The molecule has 0 aliphatic carbocycles. The number of hydrogen-bond acceptors (Lipinski definition) is 4. The second-order valence-electron chi connectivity index (χ2n) is 7.06. The summed E-state index contributed by atoms with van der Waals surface area (Å²) in [5.74, 6) is 1.68. The molecule has 154 valence electrons. The number of nitrogens with two attached hydrogens (primary N) is 1. The zero-order valence-electron chi connectivity index (χ0n) is 16.3. The van der Waals surface area contributed by atoms with Gasteiger partial charge in [0.25, 0.3) is 5.91 Å². The second kappa shape index (κ2) is 8.46. The van der Waals surface area contributed by atoms with Crippen molar-refractivity contribution in [1.29, 1.82) is 0 Å². The molecule has 0 bridgehead atoms. The summed E-state index contributed by atoms with van der Waals surface area (Å²) in [6.07, 6.45) is 0.728. The number of methoxy groups -OCH3 is 1. The number of anilines is 1. The molecule has 30 heavy (non-hydrogen) atoms. The molecule has 0 unspecified atom stereocenters. The Bertz CT molecular complexity index is 1090. The predicted molar refractivity (Wildman–Crippen MR) is 119 cm³/mol. The zero-order chi connectivity index (χ0) is 21.3. The third kappa shape index (κ3) is 4.18. The fourth-order valence-electron chi connectivity index (χ4n) is 3.51. The van der Waals surface area contributed by atoms with Crippen LogP contribution in [0.3, 0.4) is 0 Å². The lowest BCUT2D eigenvalue weighted by molar-refractivity contribution is 0.0727. The number of hydrogen-bond donors (Lipinski definition) is 1. The molecule has 1 aliphatic heterocycles. The van der Waals surface area contributed by atoms with Crippen LogP contribution in [0.4, 0.5) is 5.69 Å².